The minimum atomic E-state index is -4.23. The van der Waals surface area contributed by atoms with Crippen LogP contribution in [0, 0.1) is 0 Å². The topological polar surface area (TPSA) is 89.6 Å². The van der Waals surface area contributed by atoms with E-state index in [0.29, 0.717) is 6.42 Å². The SMILES string of the molecule is CC(C)(N)c1ccccc1.CCCCCCCCCCCCOS(=O)(=O)O. The Morgan fingerprint density at radius 1 is 0.889 bits per heavy atom. The Kier molecular flexibility index (Phi) is 14.5. The number of benzene rings is 1. The summed E-state index contributed by atoms with van der Waals surface area (Å²) in [4.78, 5) is 0. The van der Waals surface area contributed by atoms with Crippen molar-refractivity contribution < 1.29 is 17.2 Å². The van der Waals surface area contributed by atoms with Gasteiger partial charge in [-0.3, -0.25) is 4.55 Å². The fraction of sp³-hybridized carbons (Fsp3) is 0.714. The molecular weight excluding hydrogens is 362 g/mol. The van der Waals surface area contributed by atoms with E-state index < -0.39 is 10.4 Å². The lowest BCUT2D eigenvalue weighted by atomic mass is 9.96. The van der Waals surface area contributed by atoms with Crippen LogP contribution in [0.25, 0.3) is 0 Å². The molecule has 0 fully saturated rings. The van der Waals surface area contributed by atoms with Crippen molar-refractivity contribution in [3.05, 3.63) is 35.9 Å². The lowest BCUT2D eigenvalue weighted by Gasteiger charge is -2.18. The molecule has 0 spiro atoms. The molecule has 0 aliphatic carbocycles. The van der Waals surface area contributed by atoms with Gasteiger partial charge in [0.05, 0.1) is 6.61 Å². The van der Waals surface area contributed by atoms with Crippen LogP contribution in [0.1, 0.15) is 90.5 Å². The molecule has 27 heavy (non-hydrogen) atoms. The van der Waals surface area contributed by atoms with E-state index in [9.17, 15) is 8.42 Å². The molecule has 5 nitrogen and oxygen atoms in total. The highest BCUT2D eigenvalue weighted by molar-refractivity contribution is 7.80. The molecule has 0 atom stereocenters. The maximum absolute atomic E-state index is 10.2. The predicted octanol–water partition coefficient (Wildman–Crippen LogP) is 5.61. The zero-order chi connectivity index (χ0) is 20.6. The van der Waals surface area contributed by atoms with Crippen LogP contribution < -0.4 is 5.73 Å². The van der Waals surface area contributed by atoms with Gasteiger partial charge in [-0.2, -0.15) is 8.42 Å². The highest BCUT2D eigenvalue weighted by Crippen LogP contribution is 2.14. The molecule has 1 aromatic carbocycles. The molecule has 0 bridgehead atoms. The van der Waals surface area contributed by atoms with Crippen molar-refractivity contribution in [2.75, 3.05) is 6.61 Å². The van der Waals surface area contributed by atoms with E-state index in [-0.39, 0.29) is 12.1 Å². The van der Waals surface area contributed by atoms with Gasteiger partial charge < -0.3 is 5.73 Å². The van der Waals surface area contributed by atoms with Crippen LogP contribution in [-0.4, -0.2) is 19.6 Å². The zero-order valence-corrected chi connectivity index (χ0v) is 18.1. The minimum absolute atomic E-state index is 0.0926. The van der Waals surface area contributed by atoms with E-state index in [0.717, 1.165) is 12.8 Å². The molecule has 6 heteroatoms. The van der Waals surface area contributed by atoms with Crippen LogP contribution in [0.15, 0.2) is 30.3 Å². The summed E-state index contributed by atoms with van der Waals surface area (Å²) >= 11 is 0. The number of nitrogens with two attached hydrogens (primary N) is 1. The molecule has 0 aliphatic rings. The third-order valence-corrected chi connectivity index (χ3v) is 4.71. The predicted molar refractivity (Wildman–Crippen MR) is 113 cm³/mol. The molecule has 3 N–H and O–H groups in total. The second-order valence-electron chi connectivity index (χ2n) is 7.52. The Bertz CT molecular complexity index is 553. The molecule has 0 saturated heterocycles. The first-order valence-corrected chi connectivity index (χ1v) is 11.5. The van der Waals surface area contributed by atoms with Gasteiger partial charge in [-0.05, 0) is 25.8 Å². The van der Waals surface area contributed by atoms with Gasteiger partial charge in [0.25, 0.3) is 0 Å². The minimum Gasteiger partial charge on any atom is -0.322 e. The smallest absolute Gasteiger partial charge is 0.322 e. The van der Waals surface area contributed by atoms with Gasteiger partial charge in [-0.25, -0.2) is 4.18 Å². The number of hydrogen-bond acceptors (Lipinski definition) is 4. The Morgan fingerprint density at radius 2 is 1.33 bits per heavy atom. The fourth-order valence-electron chi connectivity index (χ4n) is 2.62. The maximum Gasteiger partial charge on any atom is 0.397 e. The van der Waals surface area contributed by atoms with Gasteiger partial charge in [-0.1, -0.05) is 95.0 Å². The summed E-state index contributed by atoms with van der Waals surface area (Å²) in [5, 5.41) is 0. The summed E-state index contributed by atoms with van der Waals surface area (Å²) in [5.74, 6) is 0. The van der Waals surface area contributed by atoms with Crippen molar-refractivity contribution in [3.63, 3.8) is 0 Å². The van der Waals surface area contributed by atoms with Crippen molar-refractivity contribution in [2.24, 2.45) is 5.73 Å². The number of hydrogen-bond donors (Lipinski definition) is 2. The lowest BCUT2D eigenvalue weighted by molar-refractivity contribution is 0.261. The van der Waals surface area contributed by atoms with Crippen LogP contribution in [-0.2, 0) is 20.1 Å². The molecule has 1 rings (SSSR count). The van der Waals surface area contributed by atoms with Crippen LogP contribution in [0.2, 0.25) is 0 Å². The van der Waals surface area contributed by atoms with Crippen LogP contribution in [0.5, 0.6) is 0 Å². The van der Waals surface area contributed by atoms with Crippen molar-refractivity contribution in [1.82, 2.24) is 0 Å². The summed E-state index contributed by atoms with van der Waals surface area (Å²) in [6.07, 6.45) is 11.9. The second kappa shape index (κ2) is 15.0. The highest BCUT2D eigenvalue weighted by Gasteiger charge is 2.11. The van der Waals surface area contributed by atoms with E-state index in [4.69, 9.17) is 10.3 Å². The molecule has 158 valence electrons. The van der Waals surface area contributed by atoms with E-state index >= 15 is 0 Å². The molecule has 0 heterocycles. The molecule has 0 amide bonds. The first-order chi connectivity index (χ1) is 12.7. The monoisotopic (exact) mass is 401 g/mol. The van der Waals surface area contributed by atoms with Crippen LogP contribution in [0.4, 0.5) is 0 Å². The van der Waals surface area contributed by atoms with E-state index in [1.165, 1.54) is 50.5 Å². The molecule has 0 saturated carbocycles. The Balaban J connectivity index is 0.000000569. The van der Waals surface area contributed by atoms with Gasteiger partial charge >= 0.3 is 10.4 Å². The second-order valence-corrected chi connectivity index (χ2v) is 8.61. The largest absolute Gasteiger partial charge is 0.397 e. The third kappa shape index (κ3) is 18.2. The normalized spacial score (nSPS) is 11.7. The molecular formula is C21H39NO4S. The highest BCUT2D eigenvalue weighted by atomic mass is 32.3. The Hall–Kier alpha value is -0.950. The van der Waals surface area contributed by atoms with Crippen LogP contribution >= 0.6 is 0 Å². The molecule has 0 unspecified atom stereocenters. The van der Waals surface area contributed by atoms with Gasteiger partial charge in [0.1, 0.15) is 0 Å². The maximum atomic E-state index is 10.2. The first-order valence-electron chi connectivity index (χ1n) is 10.1. The van der Waals surface area contributed by atoms with Gasteiger partial charge in [0, 0.05) is 5.54 Å². The molecule has 0 aliphatic heterocycles. The number of rotatable bonds is 13. The number of unbranched alkanes of at least 4 members (excludes halogenated alkanes) is 9. The average Bonchev–Trinajstić information content (AvgIpc) is 2.59. The quantitative estimate of drug-likeness (QED) is 0.331. The summed E-state index contributed by atoms with van der Waals surface area (Å²) < 4.78 is 33.0. The van der Waals surface area contributed by atoms with Crippen molar-refractivity contribution in [1.29, 1.82) is 0 Å². The Morgan fingerprint density at radius 3 is 1.70 bits per heavy atom. The van der Waals surface area contributed by atoms with E-state index in [1.807, 2.05) is 44.2 Å². The van der Waals surface area contributed by atoms with Gasteiger partial charge in [0.2, 0.25) is 0 Å². The fourth-order valence-corrected chi connectivity index (χ4v) is 2.95. The first kappa shape index (κ1) is 26.1. The summed E-state index contributed by atoms with van der Waals surface area (Å²) in [5.41, 5.74) is 6.83. The van der Waals surface area contributed by atoms with Crippen molar-refractivity contribution in [2.45, 2.75) is 90.5 Å². The standard InChI is InChI=1S/C12H26O4S.C9H13N/c1-2-3-4-5-6-7-8-9-10-11-12-16-17(13,14)15;1-9(2,10)8-6-4-3-5-7-8/h2-12H2,1H3,(H,13,14,15);3-7H,10H2,1-2H3. The van der Waals surface area contributed by atoms with Crippen molar-refractivity contribution >= 4 is 10.4 Å². The van der Waals surface area contributed by atoms with E-state index in [2.05, 4.69) is 11.1 Å². The van der Waals surface area contributed by atoms with Crippen LogP contribution in [0.3, 0.4) is 0 Å². The van der Waals surface area contributed by atoms with E-state index in [1.54, 1.807) is 0 Å². The average molecular weight is 402 g/mol. The third-order valence-electron chi connectivity index (χ3n) is 4.25. The van der Waals surface area contributed by atoms with Gasteiger partial charge in [0.15, 0.2) is 0 Å². The summed E-state index contributed by atoms with van der Waals surface area (Å²) in [7, 11) is -4.23. The molecule has 0 aromatic heterocycles. The summed E-state index contributed by atoms with van der Waals surface area (Å²) in [6.45, 7) is 6.31. The lowest BCUT2D eigenvalue weighted by Crippen LogP contribution is -2.28. The molecule has 1 aromatic rings. The Labute approximate surface area is 166 Å². The van der Waals surface area contributed by atoms with Crippen molar-refractivity contribution in [3.8, 4) is 0 Å². The van der Waals surface area contributed by atoms with Gasteiger partial charge in [-0.15, -0.1) is 0 Å². The zero-order valence-electron chi connectivity index (χ0n) is 17.3. The molecule has 0 radical (unpaired) electrons. The summed E-state index contributed by atoms with van der Waals surface area (Å²) in [6, 6.07) is 10.1.